The molecular weight excluding hydrogens is 198 g/mol. The molecule has 1 aliphatic rings. The van der Waals surface area contributed by atoms with Crippen LogP contribution in [0.25, 0.3) is 0 Å². The molecule has 1 saturated heterocycles. The van der Waals surface area contributed by atoms with E-state index in [2.05, 4.69) is 12.2 Å². The third kappa shape index (κ3) is 5.18. The molecule has 2 unspecified atom stereocenters. The zero-order valence-electron chi connectivity index (χ0n) is 9.10. The number of halogens is 1. The molecule has 0 radical (unpaired) electrons. The van der Waals surface area contributed by atoms with Gasteiger partial charge in [0.25, 0.3) is 0 Å². The molecule has 1 fully saturated rings. The predicted octanol–water partition coefficient (Wildman–Crippen LogP) is 2.55. The van der Waals surface area contributed by atoms with E-state index in [0.29, 0.717) is 11.5 Å². The number of alkyl halides is 1. The number of hydrogen-bond acceptors (Lipinski definition) is 2. The average molecular weight is 220 g/mol. The van der Waals surface area contributed by atoms with Crippen LogP contribution in [0.5, 0.6) is 0 Å². The van der Waals surface area contributed by atoms with Gasteiger partial charge in [-0.05, 0) is 38.6 Å². The Hall–Kier alpha value is 0.210. The van der Waals surface area contributed by atoms with Crippen molar-refractivity contribution in [3.8, 4) is 0 Å². The second-order valence-electron chi connectivity index (χ2n) is 3.99. The second kappa shape index (κ2) is 7.49. The molecule has 1 rings (SSSR count). The summed E-state index contributed by atoms with van der Waals surface area (Å²) in [5, 5.41) is 3.74. The number of rotatable bonds is 6. The monoisotopic (exact) mass is 219 g/mol. The lowest BCUT2D eigenvalue weighted by atomic mass is 10.1. The Morgan fingerprint density at radius 1 is 1.50 bits per heavy atom. The molecule has 84 valence electrons. The Balaban J connectivity index is 1.92. The van der Waals surface area contributed by atoms with Gasteiger partial charge in [-0.2, -0.15) is 0 Å². The summed E-state index contributed by atoms with van der Waals surface area (Å²) in [7, 11) is 0. The Bertz CT molecular complexity index is 137. The van der Waals surface area contributed by atoms with Crippen LogP contribution in [0.4, 0.5) is 0 Å². The van der Waals surface area contributed by atoms with Gasteiger partial charge in [-0.25, -0.2) is 0 Å². The summed E-state index contributed by atoms with van der Waals surface area (Å²) in [6.45, 7) is 5.08. The summed E-state index contributed by atoms with van der Waals surface area (Å²) in [6.07, 6.45) is 6.33. The molecule has 0 aromatic heterocycles. The van der Waals surface area contributed by atoms with Crippen molar-refractivity contribution < 1.29 is 4.74 Å². The van der Waals surface area contributed by atoms with Crippen molar-refractivity contribution in [2.45, 2.75) is 50.5 Å². The van der Waals surface area contributed by atoms with Crippen molar-refractivity contribution in [2.75, 3.05) is 19.7 Å². The SMILES string of the molecule is CCC(Cl)CCNCC1CCCCO1. The smallest absolute Gasteiger partial charge is 0.0699 e. The maximum Gasteiger partial charge on any atom is 0.0699 e. The van der Waals surface area contributed by atoms with Crippen LogP contribution in [0, 0.1) is 0 Å². The third-order valence-corrected chi connectivity index (χ3v) is 3.25. The van der Waals surface area contributed by atoms with Crippen molar-refractivity contribution in [1.82, 2.24) is 5.32 Å². The minimum Gasteiger partial charge on any atom is -0.377 e. The van der Waals surface area contributed by atoms with Gasteiger partial charge in [0.2, 0.25) is 0 Å². The molecule has 0 amide bonds. The van der Waals surface area contributed by atoms with Gasteiger partial charge in [0.15, 0.2) is 0 Å². The first-order chi connectivity index (χ1) is 6.83. The van der Waals surface area contributed by atoms with E-state index in [9.17, 15) is 0 Å². The van der Waals surface area contributed by atoms with Crippen LogP contribution >= 0.6 is 11.6 Å². The molecule has 1 N–H and O–H groups in total. The molecule has 3 heteroatoms. The van der Waals surface area contributed by atoms with Gasteiger partial charge < -0.3 is 10.1 Å². The van der Waals surface area contributed by atoms with E-state index >= 15 is 0 Å². The van der Waals surface area contributed by atoms with Gasteiger partial charge in [0, 0.05) is 18.5 Å². The highest BCUT2D eigenvalue weighted by atomic mass is 35.5. The van der Waals surface area contributed by atoms with E-state index in [1.165, 1.54) is 19.3 Å². The number of ether oxygens (including phenoxy) is 1. The third-order valence-electron chi connectivity index (χ3n) is 2.72. The summed E-state index contributed by atoms with van der Waals surface area (Å²) in [6, 6.07) is 0. The van der Waals surface area contributed by atoms with Crippen LogP contribution in [0.2, 0.25) is 0 Å². The topological polar surface area (TPSA) is 21.3 Å². The van der Waals surface area contributed by atoms with Crippen LogP contribution in [0.1, 0.15) is 39.0 Å². The van der Waals surface area contributed by atoms with Crippen molar-refractivity contribution in [2.24, 2.45) is 0 Å². The quantitative estimate of drug-likeness (QED) is 0.548. The van der Waals surface area contributed by atoms with Gasteiger partial charge in [-0.1, -0.05) is 6.92 Å². The fourth-order valence-electron chi connectivity index (χ4n) is 1.69. The predicted molar refractivity (Wildman–Crippen MR) is 61.0 cm³/mol. The van der Waals surface area contributed by atoms with E-state index in [-0.39, 0.29) is 0 Å². The van der Waals surface area contributed by atoms with Crippen molar-refractivity contribution >= 4 is 11.6 Å². The van der Waals surface area contributed by atoms with Gasteiger partial charge in [0.05, 0.1) is 6.10 Å². The van der Waals surface area contributed by atoms with E-state index < -0.39 is 0 Å². The summed E-state index contributed by atoms with van der Waals surface area (Å²) >= 11 is 6.02. The van der Waals surface area contributed by atoms with E-state index in [1.807, 2.05) is 0 Å². The maximum absolute atomic E-state index is 6.02. The molecule has 2 atom stereocenters. The second-order valence-corrected chi connectivity index (χ2v) is 4.60. The Labute approximate surface area is 92.3 Å². The zero-order valence-corrected chi connectivity index (χ0v) is 9.85. The van der Waals surface area contributed by atoms with Crippen molar-refractivity contribution in [3.05, 3.63) is 0 Å². The molecule has 2 nitrogen and oxygen atoms in total. The van der Waals surface area contributed by atoms with Crippen molar-refractivity contribution in [3.63, 3.8) is 0 Å². The molecule has 0 aromatic rings. The summed E-state index contributed by atoms with van der Waals surface area (Å²) in [5.41, 5.74) is 0. The van der Waals surface area contributed by atoms with Crippen LogP contribution in [-0.4, -0.2) is 31.2 Å². The molecule has 0 spiro atoms. The fraction of sp³-hybridized carbons (Fsp3) is 1.00. The molecule has 0 aliphatic carbocycles. The highest BCUT2D eigenvalue weighted by molar-refractivity contribution is 6.20. The molecule has 1 aliphatic heterocycles. The molecule has 14 heavy (non-hydrogen) atoms. The van der Waals surface area contributed by atoms with Crippen LogP contribution in [-0.2, 0) is 4.74 Å². The molecule has 0 saturated carbocycles. The van der Waals surface area contributed by atoms with Gasteiger partial charge in [-0.15, -0.1) is 11.6 Å². The minimum absolute atomic E-state index is 0.328. The first-order valence-electron chi connectivity index (χ1n) is 5.79. The first-order valence-corrected chi connectivity index (χ1v) is 6.23. The molecular formula is C11H22ClNO. The van der Waals surface area contributed by atoms with E-state index in [4.69, 9.17) is 16.3 Å². The number of hydrogen-bond donors (Lipinski definition) is 1. The van der Waals surface area contributed by atoms with Crippen LogP contribution in [0.15, 0.2) is 0 Å². The Morgan fingerprint density at radius 2 is 2.36 bits per heavy atom. The van der Waals surface area contributed by atoms with E-state index in [1.54, 1.807) is 0 Å². The lowest BCUT2D eigenvalue weighted by molar-refractivity contribution is 0.0170. The summed E-state index contributed by atoms with van der Waals surface area (Å²) in [4.78, 5) is 0. The zero-order chi connectivity index (χ0) is 10.2. The van der Waals surface area contributed by atoms with Crippen molar-refractivity contribution in [1.29, 1.82) is 0 Å². The average Bonchev–Trinajstić information content (AvgIpc) is 2.25. The summed E-state index contributed by atoms with van der Waals surface area (Å²) < 4.78 is 5.62. The maximum atomic E-state index is 6.02. The fourth-order valence-corrected chi connectivity index (χ4v) is 1.80. The van der Waals surface area contributed by atoms with E-state index in [0.717, 1.165) is 32.5 Å². The van der Waals surface area contributed by atoms with Gasteiger partial charge in [-0.3, -0.25) is 0 Å². The molecule has 0 aromatic carbocycles. The Morgan fingerprint density at radius 3 is 3.00 bits per heavy atom. The Kier molecular flexibility index (Phi) is 6.57. The summed E-state index contributed by atoms with van der Waals surface area (Å²) in [5.74, 6) is 0. The largest absolute Gasteiger partial charge is 0.377 e. The van der Waals surface area contributed by atoms with Gasteiger partial charge in [0.1, 0.15) is 0 Å². The molecule has 1 heterocycles. The standard InChI is InChI=1S/C11H22ClNO/c1-2-10(12)6-7-13-9-11-5-3-4-8-14-11/h10-11,13H,2-9H2,1H3. The van der Waals surface area contributed by atoms with Gasteiger partial charge >= 0.3 is 0 Å². The first kappa shape index (κ1) is 12.3. The lowest BCUT2D eigenvalue weighted by Gasteiger charge is -2.22. The minimum atomic E-state index is 0.328. The van der Waals surface area contributed by atoms with Crippen LogP contribution in [0.3, 0.4) is 0 Å². The number of nitrogens with one attached hydrogen (secondary N) is 1. The normalized spacial score (nSPS) is 24.9. The highest BCUT2D eigenvalue weighted by Crippen LogP contribution is 2.11. The van der Waals surface area contributed by atoms with Crippen LogP contribution < -0.4 is 5.32 Å². The molecule has 0 bridgehead atoms. The highest BCUT2D eigenvalue weighted by Gasteiger charge is 2.12. The lowest BCUT2D eigenvalue weighted by Crippen LogP contribution is -2.32.